The fourth-order valence-corrected chi connectivity index (χ4v) is 3.19. The SMILES string of the molecule is O=C(O)c1cc(S(=O)(=O)NCCCO)c(Cl)cc1Cl. The Kier molecular flexibility index (Phi) is 5.57. The molecule has 9 heteroatoms. The molecule has 0 spiro atoms. The first-order valence-electron chi connectivity index (χ1n) is 5.12. The third kappa shape index (κ3) is 4.05. The first-order valence-corrected chi connectivity index (χ1v) is 7.36. The molecule has 0 unspecified atom stereocenters. The van der Waals surface area contributed by atoms with Gasteiger partial charge in [0.1, 0.15) is 4.90 Å². The molecule has 0 heterocycles. The summed E-state index contributed by atoms with van der Waals surface area (Å²) in [5, 5.41) is 17.1. The molecule has 0 saturated heterocycles. The number of aromatic carboxylic acids is 1. The molecule has 0 aliphatic rings. The predicted octanol–water partition coefficient (Wildman–Crippen LogP) is 1.35. The lowest BCUT2D eigenvalue weighted by molar-refractivity contribution is 0.0697. The number of rotatable bonds is 6. The Bertz CT molecular complexity index is 588. The highest BCUT2D eigenvalue weighted by atomic mass is 35.5. The normalized spacial score (nSPS) is 11.5. The third-order valence-electron chi connectivity index (χ3n) is 2.17. The van der Waals surface area contributed by atoms with Crippen LogP contribution in [0.15, 0.2) is 17.0 Å². The van der Waals surface area contributed by atoms with Crippen LogP contribution >= 0.6 is 23.2 Å². The number of aliphatic hydroxyl groups excluding tert-OH is 1. The summed E-state index contributed by atoms with van der Waals surface area (Å²) in [6.07, 6.45) is 0.232. The average molecular weight is 328 g/mol. The van der Waals surface area contributed by atoms with Crippen molar-refractivity contribution >= 4 is 39.2 Å². The first kappa shape index (κ1) is 16.2. The van der Waals surface area contributed by atoms with E-state index in [2.05, 4.69) is 4.72 Å². The van der Waals surface area contributed by atoms with Gasteiger partial charge in [0.2, 0.25) is 10.0 Å². The van der Waals surface area contributed by atoms with Crippen LogP contribution in [0.2, 0.25) is 10.0 Å². The number of sulfonamides is 1. The minimum Gasteiger partial charge on any atom is -0.478 e. The van der Waals surface area contributed by atoms with Gasteiger partial charge in [0.05, 0.1) is 15.6 Å². The minimum atomic E-state index is -3.95. The number of hydrogen-bond acceptors (Lipinski definition) is 4. The highest BCUT2D eigenvalue weighted by Crippen LogP contribution is 2.28. The molecule has 1 aromatic rings. The van der Waals surface area contributed by atoms with Crippen LogP contribution in [-0.2, 0) is 10.0 Å². The van der Waals surface area contributed by atoms with Gasteiger partial charge in [0.15, 0.2) is 0 Å². The van der Waals surface area contributed by atoms with Crippen LogP contribution < -0.4 is 4.72 Å². The van der Waals surface area contributed by atoms with E-state index in [-0.39, 0.29) is 40.1 Å². The van der Waals surface area contributed by atoms with Gasteiger partial charge in [-0.3, -0.25) is 0 Å². The monoisotopic (exact) mass is 327 g/mol. The summed E-state index contributed by atoms with van der Waals surface area (Å²) in [7, 11) is -3.95. The smallest absolute Gasteiger partial charge is 0.337 e. The first-order chi connectivity index (χ1) is 8.79. The average Bonchev–Trinajstić information content (AvgIpc) is 2.28. The van der Waals surface area contributed by atoms with Crippen LogP contribution in [0.25, 0.3) is 0 Å². The second-order valence-corrected chi connectivity index (χ2v) is 6.09. The van der Waals surface area contributed by atoms with Crippen molar-refractivity contribution in [3.8, 4) is 0 Å². The Balaban J connectivity index is 3.19. The van der Waals surface area contributed by atoms with E-state index in [1.165, 1.54) is 0 Å². The molecule has 0 radical (unpaired) electrons. The van der Waals surface area contributed by atoms with Gasteiger partial charge in [-0.2, -0.15) is 0 Å². The number of halogens is 2. The van der Waals surface area contributed by atoms with Gasteiger partial charge in [-0.25, -0.2) is 17.9 Å². The van der Waals surface area contributed by atoms with E-state index in [1.54, 1.807) is 0 Å². The molecule has 0 aromatic heterocycles. The van der Waals surface area contributed by atoms with E-state index in [0.29, 0.717) is 0 Å². The van der Waals surface area contributed by atoms with Gasteiger partial charge in [-0.15, -0.1) is 0 Å². The van der Waals surface area contributed by atoms with Crippen molar-refractivity contribution in [3.63, 3.8) is 0 Å². The van der Waals surface area contributed by atoms with Crippen molar-refractivity contribution in [2.45, 2.75) is 11.3 Å². The van der Waals surface area contributed by atoms with Crippen molar-refractivity contribution in [3.05, 3.63) is 27.7 Å². The van der Waals surface area contributed by atoms with Crippen LogP contribution in [0.4, 0.5) is 0 Å². The fourth-order valence-electron chi connectivity index (χ4n) is 1.26. The topological polar surface area (TPSA) is 104 Å². The Morgan fingerprint density at radius 2 is 1.89 bits per heavy atom. The lowest BCUT2D eigenvalue weighted by Gasteiger charge is -2.09. The highest BCUT2D eigenvalue weighted by Gasteiger charge is 2.21. The fraction of sp³-hybridized carbons (Fsp3) is 0.300. The summed E-state index contributed by atoms with van der Waals surface area (Å²) in [5.74, 6) is -1.35. The second-order valence-electron chi connectivity index (χ2n) is 3.54. The molecule has 19 heavy (non-hydrogen) atoms. The van der Waals surface area contributed by atoms with Crippen molar-refractivity contribution in [2.24, 2.45) is 0 Å². The maximum absolute atomic E-state index is 11.9. The van der Waals surface area contributed by atoms with Crippen molar-refractivity contribution in [1.82, 2.24) is 4.72 Å². The third-order valence-corrected chi connectivity index (χ3v) is 4.41. The van der Waals surface area contributed by atoms with Crippen molar-refractivity contribution in [2.75, 3.05) is 13.2 Å². The van der Waals surface area contributed by atoms with E-state index in [9.17, 15) is 13.2 Å². The van der Waals surface area contributed by atoms with E-state index in [4.69, 9.17) is 33.4 Å². The zero-order valence-corrected chi connectivity index (χ0v) is 11.9. The summed E-state index contributed by atoms with van der Waals surface area (Å²) in [5.41, 5.74) is -0.353. The minimum absolute atomic E-state index is 0.0141. The number of hydrogen-bond donors (Lipinski definition) is 3. The molecule has 3 N–H and O–H groups in total. The van der Waals surface area contributed by atoms with Crippen LogP contribution in [0.3, 0.4) is 0 Å². The Morgan fingerprint density at radius 3 is 2.42 bits per heavy atom. The predicted molar refractivity (Wildman–Crippen MR) is 70.3 cm³/mol. The van der Waals surface area contributed by atoms with E-state index < -0.39 is 16.0 Å². The van der Waals surface area contributed by atoms with Crippen molar-refractivity contribution < 1.29 is 23.4 Å². The number of carboxylic acid groups (broad SMARTS) is 1. The second kappa shape index (κ2) is 6.53. The standard InChI is InChI=1S/C10H11Cl2NO5S/c11-7-5-8(12)9(4-6(7)10(15)16)19(17,18)13-2-1-3-14/h4-5,13-14H,1-3H2,(H,15,16). The Morgan fingerprint density at radius 1 is 1.26 bits per heavy atom. The van der Waals surface area contributed by atoms with E-state index in [1.807, 2.05) is 0 Å². The molecule has 106 valence electrons. The molecule has 1 aromatic carbocycles. The van der Waals surface area contributed by atoms with Gasteiger partial charge in [-0.05, 0) is 18.6 Å². The molecular weight excluding hydrogens is 317 g/mol. The summed E-state index contributed by atoms with van der Waals surface area (Å²) in [6.45, 7) is -0.155. The number of nitrogens with one attached hydrogen (secondary N) is 1. The highest BCUT2D eigenvalue weighted by molar-refractivity contribution is 7.89. The number of carboxylic acids is 1. The van der Waals surface area contributed by atoms with Crippen LogP contribution in [0, 0.1) is 0 Å². The molecule has 0 atom stereocenters. The van der Waals surface area contributed by atoms with Gasteiger partial charge in [0.25, 0.3) is 0 Å². The molecule has 0 aliphatic carbocycles. The van der Waals surface area contributed by atoms with Gasteiger partial charge >= 0.3 is 5.97 Å². The number of benzene rings is 1. The summed E-state index contributed by atoms with van der Waals surface area (Å²) in [6, 6.07) is 1.96. The maximum atomic E-state index is 11.9. The van der Waals surface area contributed by atoms with Crippen LogP contribution in [0.1, 0.15) is 16.8 Å². The van der Waals surface area contributed by atoms with Crippen LogP contribution in [0.5, 0.6) is 0 Å². The molecule has 0 aliphatic heterocycles. The zero-order valence-electron chi connectivity index (χ0n) is 9.56. The lowest BCUT2D eigenvalue weighted by Crippen LogP contribution is -2.26. The zero-order chi connectivity index (χ0) is 14.6. The van der Waals surface area contributed by atoms with Gasteiger partial charge < -0.3 is 10.2 Å². The van der Waals surface area contributed by atoms with Crippen LogP contribution in [-0.4, -0.2) is 37.8 Å². The van der Waals surface area contributed by atoms with Gasteiger partial charge in [0, 0.05) is 13.2 Å². The maximum Gasteiger partial charge on any atom is 0.337 e. The number of carbonyl (C=O) groups is 1. The Labute approximate surface area is 120 Å². The molecular formula is C10H11Cl2NO5S. The summed E-state index contributed by atoms with van der Waals surface area (Å²) < 4.78 is 26.0. The number of aliphatic hydroxyl groups is 1. The molecule has 0 saturated carbocycles. The lowest BCUT2D eigenvalue weighted by atomic mass is 10.2. The van der Waals surface area contributed by atoms with Gasteiger partial charge in [-0.1, -0.05) is 23.2 Å². The summed E-state index contributed by atoms with van der Waals surface area (Å²) in [4.78, 5) is 10.5. The van der Waals surface area contributed by atoms with E-state index >= 15 is 0 Å². The molecule has 0 fully saturated rings. The molecule has 0 bridgehead atoms. The molecule has 6 nitrogen and oxygen atoms in total. The molecule has 1 rings (SSSR count). The molecule has 0 amide bonds. The van der Waals surface area contributed by atoms with Crippen molar-refractivity contribution in [1.29, 1.82) is 0 Å². The quantitative estimate of drug-likeness (QED) is 0.684. The van der Waals surface area contributed by atoms with E-state index in [0.717, 1.165) is 12.1 Å². The summed E-state index contributed by atoms with van der Waals surface area (Å²) >= 11 is 11.4. The Hall–Kier alpha value is -0.860. The largest absolute Gasteiger partial charge is 0.478 e.